The van der Waals surface area contributed by atoms with Gasteiger partial charge < -0.3 is 20.4 Å². The van der Waals surface area contributed by atoms with Crippen LogP contribution in [0.4, 0.5) is 10.1 Å². The molecule has 0 aromatic heterocycles. The van der Waals surface area contributed by atoms with Gasteiger partial charge in [0.1, 0.15) is 22.0 Å². The van der Waals surface area contributed by atoms with Gasteiger partial charge in [-0.05, 0) is 60.1 Å². The van der Waals surface area contributed by atoms with E-state index >= 15 is 0 Å². The average molecular weight is 576 g/mol. The molecule has 206 valence electrons. The number of aliphatic hydroxyl groups excluding tert-OH is 2. The molecule has 13 heteroatoms. The summed E-state index contributed by atoms with van der Waals surface area (Å²) in [5.74, 6) is -3.05. The topological polar surface area (TPSA) is 153 Å². The summed E-state index contributed by atoms with van der Waals surface area (Å²) in [6.07, 6.45) is 1.46. The van der Waals surface area contributed by atoms with Gasteiger partial charge in [-0.15, -0.1) is 4.40 Å². The molecule has 39 heavy (non-hydrogen) atoms. The monoisotopic (exact) mass is 575 g/mol. The molecule has 0 radical (unpaired) electrons. The maximum atomic E-state index is 13.9. The fourth-order valence-corrected chi connectivity index (χ4v) is 8.52. The molecule has 2 saturated carbocycles. The second-order valence-electron chi connectivity index (χ2n) is 10.7. The van der Waals surface area contributed by atoms with Crippen molar-refractivity contribution < 1.29 is 36.2 Å². The number of carbonyl (C=O) groups excluding carboxylic acids is 1. The quantitative estimate of drug-likeness (QED) is 0.490. The highest BCUT2D eigenvalue weighted by atomic mass is 32.2. The lowest BCUT2D eigenvalue weighted by molar-refractivity contribution is -0.135. The molecule has 3 N–H and O–H groups in total. The Hall–Kier alpha value is -3.29. The van der Waals surface area contributed by atoms with Crippen molar-refractivity contribution in [3.05, 3.63) is 70.7 Å². The third-order valence-corrected chi connectivity index (χ3v) is 10.2. The van der Waals surface area contributed by atoms with Crippen molar-refractivity contribution >= 4 is 37.3 Å². The zero-order valence-corrected chi connectivity index (χ0v) is 22.4. The van der Waals surface area contributed by atoms with Gasteiger partial charge in [-0.3, -0.25) is 4.79 Å². The molecule has 2 bridgehead atoms. The SMILES string of the molecule is CS(=O)(=O)Cc1ccc2c(c1)S(=O)(=O)N=C(C1=C(O)C3C([C@@H]4CC(O)[C@H]3C4)N(Cc3ccc(F)cc3)C1=O)N2. The molecule has 10 nitrogen and oxygen atoms in total. The van der Waals surface area contributed by atoms with Gasteiger partial charge in [0, 0.05) is 24.8 Å². The maximum Gasteiger partial charge on any atom is 0.286 e. The lowest BCUT2D eigenvalue weighted by Crippen LogP contribution is -2.55. The molecule has 1 amide bonds. The number of aliphatic hydroxyl groups is 2. The number of sulfonamides is 1. The lowest BCUT2D eigenvalue weighted by Gasteiger charge is -2.45. The fraction of sp³-hybridized carbons (Fsp3) is 0.385. The number of anilines is 1. The van der Waals surface area contributed by atoms with E-state index in [4.69, 9.17) is 0 Å². The Kier molecular flexibility index (Phi) is 5.90. The van der Waals surface area contributed by atoms with E-state index in [1.165, 1.54) is 30.3 Å². The first-order valence-electron chi connectivity index (χ1n) is 12.4. The summed E-state index contributed by atoms with van der Waals surface area (Å²) in [4.78, 5) is 15.2. The number of halogens is 1. The first-order chi connectivity index (χ1) is 18.3. The number of carbonyl (C=O) groups is 1. The number of hydrogen-bond acceptors (Lipinski definition) is 8. The Balaban J connectivity index is 1.42. The fourth-order valence-electron chi connectivity index (χ4n) is 6.56. The van der Waals surface area contributed by atoms with Crippen molar-refractivity contribution in [1.82, 2.24) is 4.90 Å². The zero-order valence-electron chi connectivity index (χ0n) is 20.8. The molecule has 2 aromatic carbocycles. The highest BCUT2D eigenvalue weighted by Crippen LogP contribution is 2.55. The molecule has 6 rings (SSSR count). The summed E-state index contributed by atoms with van der Waals surface area (Å²) in [6.45, 7) is 0.0991. The Labute approximate surface area is 224 Å². The second-order valence-corrected chi connectivity index (χ2v) is 14.5. The minimum atomic E-state index is -4.37. The number of fused-ring (bicyclic) bond motifs is 6. The first-order valence-corrected chi connectivity index (χ1v) is 15.9. The van der Waals surface area contributed by atoms with Crippen molar-refractivity contribution in [2.45, 2.75) is 42.2 Å². The number of nitrogens with one attached hydrogen (secondary N) is 1. The van der Waals surface area contributed by atoms with E-state index < -0.39 is 49.6 Å². The number of amides is 1. The normalized spacial score (nSPS) is 29.1. The van der Waals surface area contributed by atoms with Crippen molar-refractivity contribution in [2.24, 2.45) is 22.2 Å². The number of rotatable bonds is 5. The molecule has 4 aliphatic rings. The van der Waals surface area contributed by atoms with Crippen LogP contribution in [0.3, 0.4) is 0 Å². The van der Waals surface area contributed by atoms with Crippen LogP contribution in [0.1, 0.15) is 24.0 Å². The van der Waals surface area contributed by atoms with E-state index in [1.54, 1.807) is 17.0 Å². The van der Waals surface area contributed by atoms with Crippen LogP contribution < -0.4 is 5.32 Å². The molecular weight excluding hydrogens is 549 g/mol. The highest BCUT2D eigenvalue weighted by molar-refractivity contribution is 7.90. The minimum Gasteiger partial charge on any atom is -0.511 e. The summed E-state index contributed by atoms with van der Waals surface area (Å²) < 4.78 is 67.1. The van der Waals surface area contributed by atoms with Crippen LogP contribution in [0.5, 0.6) is 0 Å². The van der Waals surface area contributed by atoms with Crippen LogP contribution >= 0.6 is 0 Å². The standard InChI is InChI=1S/C26H26FN3O7S2/c1-38(34,35)12-14-4-7-18-20(8-14)39(36,37)29-25(28-18)22-24(32)21-17-9-15(10-19(17)31)23(21)30(26(22)33)11-13-2-5-16(27)6-3-13/h2-8,15,17,19,21,23,31-32H,9-12H2,1H3,(H,28,29)/t15-,17+,19?,21?,23?/m0/s1. The van der Waals surface area contributed by atoms with E-state index in [0.29, 0.717) is 18.4 Å². The molecule has 2 aliphatic heterocycles. The summed E-state index contributed by atoms with van der Waals surface area (Å²) in [5, 5.41) is 24.8. The third kappa shape index (κ3) is 4.42. The van der Waals surface area contributed by atoms with E-state index in [9.17, 15) is 36.2 Å². The van der Waals surface area contributed by atoms with Gasteiger partial charge in [0.05, 0.1) is 17.5 Å². The largest absolute Gasteiger partial charge is 0.511 e. The number of benzene rings is 2. The van der Waals surface area contributed by atoms with Crippen LogP contribution in [-0.4, -0.2) is 62.1 Å². The predicted octanol–water partition coefficient (Wildman–Crippen LogP) is 2.12. The summed E-state index contributed by atoms with van der Waals surface area (Å²) in [7, 11) is -7.78. The third-order valence-electron chi connectivity index (χ3n) is 8.05. The van der Waals surface area contributed by atoms with Gasteiger partial charge >= 0.3 is 0 Å². The molecule has 2 fully saturated rings. The number of amidine groups is 1. The molecule has 0 spiro atoms. The number of sulfone groups is 1. The molecule has 5 atom stereocenters. The number of hydrogen-bond donors (Lipinski definition) is 3. The molecular formula is C26H26FN3O7S2. The van der Waals surface area contributed by atoms with Crippen LogP contribution in [0.15, 0.2) is 63.1 Å². The van der Waals surface area contributed by atoms with Crippen molar-refractivity contribution in [1.29, 1.82) is 0 Å². The summed E-state index contributed by atoms with van der Waals surface area (Å²) >= 11 is 0. The predicted molar refractivity (Wildman–Crippen MR) is 139 cm³/mol. The Bertz CT molecular complexity index is 1670. The van der Waals surface area contributed by atoms with Gasteiger partial charge in [-0.2, -0.15) is 8.42 Å². The molecule has 2 aromatic rings. The smallest absolute Gasteiger partial charge is 0.286 e. The van der Waals surface area contributed by atoms with Gasteiger partial charge in [-0.1, -0.05) is 18.2 Å². The van der Waals surface area contributed by atoms with E-state index in [0.717, 1.165) is 6.26 Å². The molecule has 0 saturated heterocycles. The zero-order chi connectivity index (χ0) is 27.9. The maximum absolute atomic E-state index is 13.9. The number of nitrogens with zero attached hydrogens (tertiary/aromatic N) is 2. The van der Waals surface area contributed by atoms with Crippen molar-refractivity contribution in [3.8, 4) is 0 Å². The Morgan fingerprint density at radius 2 is 1.82 bits per heavy atom. The Morgan fingerprint density at radius 3 is 2.51 bits per heavy atom. The second kappa shape index (κ2) is 8.86. The van der Waals surface area contributed by atoms with Gasteiger partial charge in [-0.25, -0.2) is 12.8 Å². The van der Waals surface area contributed by atoms with Gasteiger partial charge in [0.2, 0.25) is 0 Å². The van der Waals surface area contributed by atoms with Crippen LogP contribution in [0, 0.1) is 23.6 Å². The minimum absolute atomic E-state index is 0.0536. The van der Waals surface area contributed by atoms with E-state index in [2.05, 4.69) is 9.71 Å². The van der Waals surface area contributed by atoms with Crippen molar-refractivity contribution in [3.63, 3.8) is 0 Å². The molecule has 2 aliphatic carbocycles. The molecule has 3 unspecified atom stereocenters. The van der Waals surface area contributed by atoms with Gasteiger partial charge in [0.25, 0.3) is 15.9 Å². The van der Waals surface area contributed by atoms with Crippen LogP contribution in [0.2, 0.25) is 0 Å². The van der Waals surface area contributed by atoms with E-state index in [1.807, 2.05) is 0 Å². The van der Waals surface area contributed by atoms with Crippen LogP contribution in [-0.2, 0) is 37.0 Å². The van der Waals surface area contributed by atoms with E-state index in [-0.39, 0.29) is 57.4 Å². The average Bonchev–Trinajstić information content (AvgIpc) is 3.40. The summed E-state index contributed by atoms with van der Waals surface area (Å²) in [6, 6.07) is 9.36. The lowest BCUT2D eigenvalue weighted by atomic mass is 9.76. The highest BCUT2D eigenvalue weighted by Gasteiger charge is 2.60. The summed E-state index contributed by atoms with van der Waals surface area (Å²) in [5.41, 5.74) is 0.709. The van der Waals surface area contributed by atoms with Crippen LogP contribution in [0.25, 0.3) is 0 Å². The first kappa shape index (κ1) is 26.0. The molecule has 2 heterocycles. The van der Waals surface area contributed by atoms with Crippen molar-refractivity contribution in [2.75, 3.05) is 11.6 Å². The Morgan fingerprint density at radius 1 is 1.13 bits per heavy atom. The van der Waals surface area contributed by atoms with Gasteiger partial charge in [0.15, 0.2) is 15.7 Å².